The predicted molar refractivity (Wildman–Crippen MR) is 71.8 cm³/mol. The van der Waals surface area contributed by atoms with Gasteiger partial charge in [-0.2, -0.15) is 0 Å². The summed E-state index contributed by atoms with van der Waals surface area (Å²) in [4.78, 5) is 11.8. The fraction of sp³-hybridized carbons (Fsp3) is 0.267. The molecular weight excluding hydrogens is 261 g/mol. The van der Waals surface area contributed by atoms with Gasteiger partial charge in [-0.15, -0.1) is 0 Å². The highest BCUT2D eigenvalue weighted by atomic mass is 19.1. The Balaban J connectivity index is 2.12. The second-order valence-electron chi connectivity index (χ2n) is 4.57. The number of carbonyl (C=O) groups is 1. The summed E-state index contributed by atoms with van der Waals surface area (Å²) in [5, 5.41) is 2.68. The molecule has 2 rings (SSSR count). The first kappa shape index (κ1) is 14.3. The van der Waals surface area contributed by atoms with E-state index in [1.807, 2.05) is 0 Å². The van der Waals surface area contributed by atoms with Gasteiger partial charge in [0.15, 0.2) is 5.76 Å². The third kappa shape index (κ3) is 2.88. The minimum absolute atomic E-state index is 0.129. The summed E-state index contributed by atoms with van der Waals surface area (Å²) in [5.41, 5.74) is -0.560. The number of benzene rings is 1. The van der Waals surface area contributed by atoms with Crippen molar-refractivity contribution in [3.05, 3.63) is 59.8 Å². The Labute approximate surface area is 116 Å². The summed E-state index contributed by atoms with van der Waals surface area (Å²) in [6.07, 6.45) is 1.42. The Morgan fingerprint density at radius 1 is 1.35 bits per heavy atom. The van der Waals surface area contributed by atoms with E-state index in [2.05, 4.69) is 5.32 Å². The molecule has 0 fully saturated rings. The Morgan fingerprint density at radius 3 is 2.70 bits per heavy atom. The molecule has 1 amide bonds. The van der Waals surface area contributed by atoms with Crippen LogP contribution in [0.25, 0.3) is 0 Å². The van der Waals surface area contributed by atoms with Crippen LogP contribution >= 0.6 is 0 Å². The van der Waals surface area contributed by atoms with Crippen molar-refractivity contribution in [2.45, 2.75) is 12.5 Å². The van der Waals surface area contributed by atoms with E-state index >= 15 is 0 Å². The fourth-order valence-corrected chi connectivity index (χ4v) is 1.91. The number of hydrogen-bond donors (Lipinski definition) is 1. The molecule has 0 aliphatic heterocycles. The highest BCUT2D eigenvalue weighted by molar-refractivity contribution is 5.91. The Hall–Kier alpha value is -2.14. The second kappa shape index (κ2) is 5.88. The second-order valence-corrected chi connectivity index (χ2v) is 4.57. The number of ether oxygens (including phenoxy) is 1. The molecule has 1 atom stereocenters. The van der Waals surface area contributed by atoms with Crippen LogP contribution in [0.15, 0.2) is 47.1 Å². The number of amides is 1. The van der Waals surface area contributed by atoms with Crippen LogP contribution in [0, 0.1) is 5.82 Å². The number of methoxy groups -OCH3 is 1. The monoisotopic (exact) mass is 277 g/mol. The highest BCUT2D eigenvalue weighted by Crippen LogP contribution is 2.26. The van der Waals surface area contributed by atoms with E-state index in [1.165, 1.54) is 19.4 Å². The maximum atomic E-state index is 13.9. The van der Waals surface area contributed by atoms with Crippen LogP contribution in [0.4, 0.5) is 4.39 Å². The van der Waals surface area contributed by atoms with E-state index in [1.54, 1.807) is 37.3 Å². The molecule has 1 aromatic carbocycles. The summed E-state index contributed by atoms with van der Waals surface area (Å²) in [5.74, 6) is -0.532. The van der Waals surface area contributed by atoms with E-state index in [0.29, 0.717) is 5.56 Å². The number of furan rings is 1. The van der Waals surface area contributed by atoms with Crippen LogP contribution in [-0.2, 0) is 10.3 Å². The van der Waals surface area contributed by atoms with Crippen molar-refractivity contribution in [3.63, 3.8) is 0 Å². The topological polar surface area (TPSA) is 51.5 Å². The number of rotatable bonds is 5. The number of halogens is 1. The molecule has 106 valence electrons. The van der Waals surface area contributed by atoms with E-state index in [4.69, 9.17) is 9.15 Å². The van der Waals surface area contributed by atoms with Gasteiger partial charge in [0, 0.05) is 12.7 Å². The zero-order chi connectivity index (χ0) is 14.6. The molecular formula is C15H16FNO3. The van der Waals surface area contributed by atoms with Crippen molar-refractivity contribution in [2.75, 3.05) is 13.7 Å². The standard InChI is InChI=1S/C15H16FNO3/c1-15(19-2,11-6-3-4-7-12(11)16)10-17-14(18)13-8-5-9-20-13/h3-9H,10H2,1-2H3,(H,17,18). The maximum absolute atomic E-state index is 13.9. The van der Waals surface area contributed by atoms with Crippen LogP contribution in [-0.4, -0.2) is 19.6 Å². The zero-order valence-corrected chi connectivity index (χ0v) is 11.4. The molecule has 1 unspecified atom stereocenters. The summed E-state index contributed by atoms with van der Waals surface area (Å²) < 4.78 is 24.2. The third-order valence-electron chi connectivity index (χ3n) is 3.23. The fourth-order valence-electron chi connectivity index (χ4n) is 1.91. The summed E-state index contributed by atoms with van der Waals surface area (Å²) in [6, 6.07) is 9.52. The van der Waals surface area contributed by atoms with E-state index in [0.717, 1.165) is 0 Å². The van der Waals surface area contributed by atoms with Crippen molar-refractivity contribution >= 4 is 5.91 Å². The van der Waals surface area contributed by atoms with Gasteiger partial charge in [0.25, 0.3) is 5.91 Å². The molecule has 0 bridgehead atoms. The molecule has 4 nitrogen and oxygen atoms in total. The molecule has 20 heavy (non-hydrogen) atoms. The minimum Gasteiger partial charge on any atom is -0.459 e. The Kier molecular flexibility index (Phi) is 4.20. The van der Waals surface area contributed by atoms with Gasteiger partial charge in [-0.25, -0.2) is 4.39 Å². The molecule has 0 aliphatic carbocycles. The molecule has 1 N–H and O–H groups in total. The summed E-state index contributed by atoms with van der Waals surface area (Å²) >= 11 is 0. The van der Waals surface area contributed by atoms with E-state index < -0.39 is 5.60 Å². The molecule has 0 aliphatic rings. The maximum Gasteiger partial charge on any atom is 0.287 e. The van der Waals surface area contributed by atoms with Gasteiger partial charge >= 0.3 is 0 Å². The molecule has 0 saturated heterocycles. The quantitative estimate of drug-likeness (QED) is 0.914. The van der Waals surface area contributed by atoms with Crippen LogP contribution in [0.1, 0.15) is 23.0 Å². The van der Waals surface area contributed by atoms with Gasteiger partial charge in [-0.1, -0.05) is 18.2 Å². The van der Waals surface area contributed by atoms with Crippen molar-refractivity contribution < 1.29 is 18.3 Å². The Morgan fingerprint density at radius 2 is 2.10 bits per heavy atom. The zero-order valence-electron chi connectivity index (χ0n) is 11.4. The average molecular weight is 277 g/mol. The van der Waals surface area contributed by atoms with Gasteiger partial charge in [0.1, 0.15) is 11.4 Å². The molecule has 0 spiro atoms. The van der Waals surface area contributed by atoms with E-state index in [-0.39, 0.29) is 24.0 Å². The van der Waals surface area contributed by atoms with Gasteiger partial charge in [-0.05, 0) is 25.1 Å². The van der Waals surface area contributed by atoms with Crippen LogP contribution < -0.4 is 5.32 Å². The third-order valence-corrected chi connectivity index (χ3v) is 3.23. The van der Waals surface area contributed by atoms with Gasteiger partial charge in [0.05, 0.1) is 12.8 Å². The van der Waals surface area contributed by atoms with Crippen molar-refractivity contribution in [1.82, 2.24) is 5.32 Å². The SMILES string of the molecule is COC(C)(CNC(=O)c1ccco1)c1ccccc1F. The van der Waals surface area contributed by atoms with Gasteiger partial charge in [0.2, 0.25) is 0 Å². The highest BCUT2D eigenvalue weighted by Gasteiger charge is 2.30. The van der Waals surface area contributed by atoms with Crippen molar-refractivity contribution in [2.24, 2.45) is 0 Å². The minimum atomic E-state index is -0.951. The van der Waals surface area contributed by atoms with Crippen LogP contribution in [0.5, 0.6) is 0 Å². The molecule has 0 radical (unpaired) electrons. The first-order chi connectivity index (χ1) is 9.57. The summed E-state index contributed by atoms with van der Waals surface area (Å²) in [7, 11) is 1.48. The average Bonchev–Trinajstić information content (AvgIpc) is 2.99. The number of hydrogen-bond acceptors (Lipinski definition) is 3. The van der Waals surface area contributed by atoms with Gasteiger partial charge < -0.3 is 14.5 Å². The molecule has 1 aromatic heterocycles. The van der Waals surface area contributed by atoms with Crippen molar-refractivity contribution in [1.29, 1.82) is 0 Å². The Bertz CT molecular complexity index is 583. The first-order valence-corrected chi connectivity index (χ1v) is 6.19. The lowest BCUT2D eigenvalue weighted by atomic mass is 9.95. The lowest BCUT2D eigenvalue weighted by Gasteiger charge is -2.29. The number of carbonyl (C=O) groups excluding carboxylic acids is 1. The lowest BCUT2D eigenvalue weighted by molar-refractivity contribution is 0.000186. The van der Waals surface area contributed by atoms with Crippen LogP contribution in [0.3, 0.4) is 0 Å². The lowest BCUT2D eigenvalue weighted by Crippen LogP contribution is -2.40. The molecule has 0 saturated carbocycles. The van der Waals surface area contributed by atoms with E-state index in [9.17, 15) is 9.18 Å². The summed E-state index contributed by atoms with van der Waals surface area (Å²) in [6.45, 7) is 1.85. The molecule has 2 aromatic rings. The first-order valence-electron chi connectivity index (χ1n) is 6.19. The van der Waals surface area contributed by atoms with Crippen LogP contribution in [0.2, 0.25) is 0 Å². The predicted octanol–water partition coefficient (Wildman–Crippen LogP) is 2.71. The largest absolute Gasteiger partial charge is 0.459 e. The molecule has 1 heterocycles. The van der Waals surface area contributed by atoms with Crippen molar-refractivity contribution in [3.8, 4) is 0 Å². The normalized spacial score (nSPS) is 13.8. The molecule has 5 heteroatoms. The smallest absolute Gasteiger partial charge is 0.287 e. The number of nitrogens with one attached hydrogen (secondary N) is 1. The van der Waals surface area contributed by atoms with Gasteiger partial charge in [-0.3, -0.25) is 4.79 Å².